The molecule has 3 rings (SSSR count). The second-order valence-electron chi connectivity index (χ2n) is 5.23. The van der Waals surface area contributed by atoms with Crippen molar-refractivity contribution in [1.82, 2.24) is 4.90 Å². The topological polar surface area (TPSA) is 29.3 Å². The summed E-state index contributed by atoms with van der Waals surface area (Å²) in [5, 5.41) is 0. The average molecular weight is 216 g/mol. The van der Waals surface area contributed by atoms with E-state index in [4.69, 9.17) is 5.73 Å². The van der Waals surface area contributed by atoms with Crippen LogP contribution >= 0.6 is 0 Å². The summed E-state index contributed by atoms with van der Waals surface area (Å²) in [5.41, 5.74) is 7.80. The van der Waals surface area contributed by atoms with Gasteiger partial charge < -0.3 is 5.73 Å². The van der Waals surface area contributed by atoms with Crippen LogP contribution in [0.4, 0.5) is 0 Å². The van der Waals surface area contributed by atoms with E-state index in [2.05, 4.69) is 35.2 Å². The maximum absolute atomic E-state index is 6.37. The molecular weight excluding hydrogens is 196 g/mol. The van der Waals surface area contributed by atoms with Crippen LogP contribution in [0.5, 0.6) is 0 Å². The molecule has 0 unspecified atom stereocenters. The second-order valence-corrected chi connectivity index (χ2v) is 5.23. The third-order valence-electron chi connectivity index (χ3n) is 4.21. The van der Waals surface area contributed by atoms with Gasteiger partial charge in [-0.05, 0) is 37.3 Å². The molecule has 1 aromatic rings. The van der Waals surface area contributed by atoms with Crippen molar-refractivity contribution < 1.29 is 0 Å². The fourth-order valence-electron chi connectivity index (χ4n) is 3.37. The van der Waals surface area contributed by atoms with Gasteiger partial charge in [0.25, 0.3) is 0 Å². The first-order valence-electron chi connectivity index (χ1n) is 6.38. The molecule has 0 aliphatic carbocycles. The van der Waals surface area contributed by atoms with E-state index in [1.165, 1.54) is 31.5 Å². The van der Waals surface area contributed by atoms with Crippen molar-refractivity contribution >= 4 is 0 Å². The van der Waals surface area contributed by atoms with Crippen LogP contribution in [0.1, 0.15) is 18.4 Å². The first-order chi connectivity index (χ1) is 7.84. The smallest absolute Gasteiger partial charge is 0.0251 e. The van der Waals surface area contributed by atoms with E-state index in [1.54, 1.807) is 0 Å². The fourth-order valence-corrected chi connectivity index (χ4v) is 3.37. The lowest BCUT2D eigenvalue weighted by molar-refractivity contribution is 0.311. The molecule has 2 aliphatic rings. The summed E-state index contributed by atoms with van der Waals surface area (Å²) in [4.78, 5) is 2.60. The first-order valence-corrected chi connectivity index (χ1v) is 6.38. The number of hydrogen-bond donors (Lipinski definition) is 1. The van der Waals surface area contributed by atoms with Gasteiger partial charge in [-0.3, -0.25) is 4.90 Å². The van der Waals surface area contributed by atoms with Gasteiger partial charge in [-0.25, -0.2) is 0 Å². The molecule has 16 heavy (non-hydrogen) atoms. The number of nitrogens with two attached hydrogens (primary N) is 1. The van der Waals surface area contributed by atoms with Crippen LogP contribution < -0.4 is 5.73 Å². The zero-order valence-electron chi connectivity index (χ0n) is 9.68. The number of fused-ring (bicyclic) bond motifs is 1. The predicted molar refractivity (Wildman–Crippen MR) is 66.2 cm³/mol. The highest BCUT2D eigenvalue weighted by Gasteiger charge is 2.41. The molecule has 2 heteroatoms. The Morgan fingerprint density at radius 1 is 1.25 bits per heavy atom. The van der Waals surface area contributed by atoms with Crippen LogP contribution in [0.25, 0.3) is 0 Å². The number of hydrogen-bond acceptors (Lipinski definition) is 2. The molecule has 0 aromatic heterocycles. The van der Waals surface area contributed by atoms with Gasteiger partial charge >= 0.3 is 0 Å². The summed E-state index contributed by atoms with van der Waals surface area (Å²) in [5.74, 6) is 0.660. The molecule has 86 valence electrons. The van der Waals surface area contributed by atoms with E-state index in [0.717, 1.165) is 6.42 Å². The monoisotopic (exact) mass is 216 g/mol. The lowest BCUT2D eigenvalue weighted by atomic mass is 9.91. The molecule has 2 fully saturated rings. The van der Waals surface area contributed by atoms with Crippen molar-refractivity contribution in [2.75, 3.05) is 13.1 Å². The Balaban J connectivity index is 1.69. The molecule has 0 amide bonds. The van der Waals surface area contributed by atoms with Crippen molar-refractivity contribution in [3.8, 4) is 0 Å². The molecule has 2 saturated heterocycles. The molecule has 0 spiro atoms. The molecular formula is C14H20N2. The van der Waals surface area contributed by atoms with Gasteiger partial charge in [-0.1, -0.05) is 30.3 Å². The summed E-state index contributed by atoms with van der Waals surface area (Å²) in [7, 11) is 0. The first kappa shape index (κ1) is 10.3. The molecule has 2 heterocycles. The third kappa shape index (κ3) is 1.76. The number of nitrogens with zero attached hydrogens (tertiary/aromatic N) is 1. The van der Waals surface area contributed by atoms with Crippen LogP contribution in [-0.2, 0) is 6.42 Å². The summed E-state index contributed by atoms with van der Waals surface area (Å²) in [6, 6.07) is 11.8. The summed E-state index contributed by atoms with van der Waals surface area (Å²) in [6.07, 6.45) is 3.80. The Morgan fingerprint density at radius 3 is 2.81 bits per heavy atom. The predicted octanol–water partition coefficient (Wildman–Crippen LogP) is 1.65. The van der Waals surface area contributed by atoms with E-state index < -0.39 is 0 Å². The highest BCUT2D eigenvalue weighted by atomic mass is 15.2. The molecule has 1 aromatic carbocycles. The van der Waals surface area contributed by atoms with Gasteiger partial charge in [0, 0.05) is 18.6 Å². The lowest BCUT2D eigenvalue weighted by Gasteiger charge is -2.18. The molecule has 2 N–H and O–H groups in total. The van der Waals surface area contributed by atoms with Gasteiger partial charge in [0.15, 0.2) is 0 Å². The molecule has 2 aliphatic heterocycles. The van der Waals surface area contributed by atoms with Crippen LogP contribution in [0.15, 0.2) is 30.3 Å². The summed E-state index contributed by atoms with van der Waals surface area (Å²) >= 11 is 0. The van der Waals surface area contributed by atoms with Crippen molar-refractivity contribution in [2.45, 2.75) is 31.3 Å². The zero-order valence-corrected chi connectivity index (χ0v) is 9.68. The fraction of sp³-hybridized carbons (Fsp3) is 0.571. The SMILES string of the molecule is N[C@H]1[C@@H](Cc2ccccc2)CN2CCC[C@@H]12. The van der Waals surface area contributed by atoms with Gasteiger partial charge in [-0.2, -0.15) is 0 Å². The third-order valence-corrected chi connectivity index (χ3v) is 4.21. The minimum Gasteiger partial charge on any atom is -0.326 e. The molecule has 2 nitrogen and oxygen atoms in total. The Bertz CT molecular complexity index is 349. The Kier molecular flexibility index (Phi) is 2.70. The molecule has 0 saturated carbocycles. The van der Waals surface area contributed by atoms with Crippen LogP contribution in [0.3, 0.4) is 0 Å². The van der Waals surface area contributed by atoms with Gasteiger partial charge in [0.1, 0.15) is 0 Å². The van der Waals surface area contributed by atoms with Gasteiger partial charge in [0.2, 0.25) is 0 Å². The molecule has 0 bridgehead atoms. The second kappa shape index (κ2) is 4.19. The van der Waals surface area contributed by atoms with E-state index in [9.17, 15) is 0 Å². The highest BCUT2D eigenvalue weighted by molar-refractivity contribution is 5.17. The van der Waals surface area contributed by atoms with Gasteiger partial charge in [-0.15, -0.1) is 0 Å². The Hall–Kier alpha value is -0.860. The van der Waals surface area contributed by atoms with Crippen molar-refractivity contribution in [2.24, 2.45) is 11.7 Å². The lowest BCUT2D eigenvalue weighted by Crippen LogP contribution is -2.37. The molecule has 0 radical (unpaired) electrons. The standard InChI is InChI=1S/C14H20N2/c15-14-12(9-11-5-2-1-3-6-11)10-16-8-4-7-13(14)16/h1-3,5-6,12-14H,4,7-10,15H2/t12-,13-,14-/m0/s1. The maximum Gasteiger partial charge on any atom is 0.0251 e. The van der Waals surface area contributed by atoms with Crippen LogP contribution in [0.2, 0.25) is 0 Å². The number of rotatable bonds is 2. The van der Waals surface area contributed by atoms with E-state index in [1.807, 2.05) is 0 Å². The van der Waals surface area contributed by atoms with Crippen molar-refractivity contribution in [3.05, 3.63) is 35.9 Å². The normalized spacial score (nSPS) is 34.2. The van der Waals surface area contributed by atoms with E-state index >= 15 is 0 Å². The molecule has 3 atom stereocenters. The van der Waals surface area contributed by atoms with E-state index in [-0.39, 0.29) is 0 Å². The number of benzene rings is 1. The van der Waals surface area contributed by atoms with Crippen LogP contribution in [-0.4, -0.2) is 30.1 Å². The largest absolute Gasteiger partial charge is 0.326 e. The quantitative estimate of drug-likeness (QED) is 0.814. The summed E-state index contributed by atoms with van der Waals surface area (Å²) in [6.45, 7) is 2.48. The Labute approximate surface area is 97.4 Å². The Morgan fingerprint density at radius 2 is 2.06 bits per heavy atom. The van der Waals surface area contributed by atoms with Gasteiger partial charge in [0.05, 0.1) is 0 Å². The van der Waals surface area contributed by atoms with Crippen molar-refractivity contribution in [3.63, 3.8) is 0 Å². The van der Waals surface area contributed by atoms with E-state index in [0.29, 0.717) is 18.0 Å². The minimum atomic E-state index is 0.391. The summed E-state index contributed by atoms with van der Waals surface area (Å²) < 4.78 is 0. The minimum absolute atomic E-state index is 0.391. The van der Waals surface area contributed by atoms with Crippen LogP contribution in [0, 0.1) is 5.92 Å². The zero-order chi connectivity index (χ0) is 11.0. The van der Waals surface area contributed by atoms with Crippen molar-refractivity contribution in [1.29, 1.82) is 0 Å². The average Bonchev–Trinajstić information content (AvgIpc) is 2.86. The maximum atomic E-state index is 6.37. The highest BCUT2D eigenvalue weighted by Crippen LogP contribution is 2.32.